The lowest BCUT2D eigenvalue weighted by molar-refractivity contribution is -0.179. The first-order valence-corrected chi connectivity index (χ1v) is 15.2. The Morgan fingerprint density at radius 1 is 0.944 bits per heavy atom. The zero-order chi connectivity index (χ0) is 26.2. The highest BCUT2D eigenvalue weighted by molar-refractivity contribution is 6.99. The molecular weight excluding hydrogens is 464 g/mol. The van der Waals surface area contributed by atoms with Gasteiger partial charge in [-0.2, -0.15) is 0 Å². The van der Waals surface area contributed by atoms with Gasteiger partial charge in [0.2, 0.25) is 0 Å². The second-order valence-electron chi connectivity index (χ2n) is 12.4. The van der Waals surface area contributed by atoms with Crippen LogP contribution in [0.25, 0.3) is 0 Å². The van der Waals surface area contributed by atoms with Crippen molar-refractivity contribution in [3.05, 3.63) is 73.3 Å². The minimum atomic E-state index is -2.75. The van der Waals surface area contributed by atoms with Crippen molar-refractivity contribution in [2.75, 3.05) is 6.61 Å². The fraction of sp³-hybridized carbons (Fsp3) is 0.548. The summed E-state index contributed by atoms with van der Waals surface area (Å²) >= 11 is 0. The third-order valence-corrected chi connectivity index (χ3v) is 13.4. The Bertz CT molecular complexity index is 992. The molecule has 4 nitrogen and oxygen atoms in total. The number of hydrogen-bond donors (Lipinski definition) is 1. The number of rotatable bonds is 8. The van der Waals surface area contributed by atoms with Crippen molar-refractivity contribution in [1.29, 1.82) is 0 Å². The van der Waals surface area contributed by atoms with E-state index in [1.807, 2.05) is 25.1 Å². The van der Waals surface area contributed by atoms with E-state index in [0.29, 0.717) is 0 Å². The molecular formula is C31H44O4Si. The summed E-state index contributed by atoms with van der Waals surface area (Å²) in [5.41, 5.74) is -1.86. The van der Waals surface area contributed by atoms with E-state index in [4.69, 9.17) is 13.9 Å². The standard InChI is InChI=1S/C31H44O4Si/c1-8-29(5)21-19-27(34-29)31(7)22-20-26(35-31)30(6,32)23-33-36(28(2,3)4,24-15-11-9-12-16-24)25-17-13-10-14-18-25/h8-18,26-27,32H,1,19-23H2,2-7H3/t26-,27-,29-,30+,31+/m0/s1. The topological polar surface area (TPSA) is 47.9 Å². The van der Waals surface area contributed by atoms with Gasteiger partial charge in [0, 0.05) is 0 Å². The van der Waals surface area contributed by atoms with E-state index in [2.05, 4.69) is 89.7 Å². The predicted octanol–water partition coefficient (Wildman–Crippen LogP) is 5.38. The summed E-state index contributed by atoms with van der Waals surface area (Å²) in [5.74, 6) is 0. The minimum absolute atomic E-state index is 0.00102. The van der Waals surface area contributed by atoms with Gasteiger partial charge < -0.3 is 19.0 Å². The van der Waals surface area contributed by atoms with Crippen LogP contribution in [-0.2, 0) is 13.9 Å². The Morgan fingerprint density at radius 2 is 1.50 bits per heavy atom. The Kier molecular flexibility index (Phi) is 7.46. The first-order chi connectivity index (χ1) is 16.9. The van der Waals surface area contributed by atoms with Crippen molar-refractivity contribution in [1.82, 2.24) is 0 Å². The van der Waals surface area contributed by atoms with E-state index in [9.17, 15) is 5.11 Å². The molecule has 0 aromatic heterocycles. The normalized spacial score (nSPS) is 30.8. The number of hydrogen-bond acceptors (Lipinski definition) is 4. The summed E-state index contributed by atoms with van der Waals surface area (Å²) in [6.07, 6.45) is 5.09. The molecule has 0 unspecified atom stereocenters. The van der Waals surface area contributed by atoms with Gasteiger partial charge in [-0.15, -0.1) is 6.58 Å². The molecule has 2 aromatic rings. The molecule has 0 aliphatic carbocycles. The molecule has 0 spiro atoms. The molecule has 2 aromatic carbocycles. The van der Waals surface area contributed by atoms with Crippen LogP contribution in [0.4, 0.5) is 0 Å². The van der Waals surface area contributed by atoms with Crippen LogP contribution >= 0.6 is 0 Å². The molecule has 2 heterocycles. The van der Waals surface area contributed by atoms with Crippen molar-refractivity contribution in [3.8, 4) is 0 Å². The fourth-order valence-corrected chi connectivity index (χ4v) is 10.7. The van der Waals surface area contributed by atoms with E-state index < -0.39 is 19.5 Å². The molecule has 1 N–H and O–H groups in total. The highest BCUT2D eigenvalue weighted by Crippen LogP contribution is 2.45. The lowest BCUT2D eigenvalue weighted by Crippen LogP contribution is -2.68. The van der Waals surface area contributed by atoms with Crippen molar-refractivity contribution >= 4 is 18.7 Å². The van der Waals surface area contributed by atoms with Crippen LogP contribution in [0.15, 0.2) is 73.3 Å². The maximum atomic E-state index is 11.8. The van der Waals surface area contributed by atoms with E-state index in [0.717, 1.165) is 25.7 Å². The molecule has 196 valence electrons. The quantitative estimate of drug-likeness (QED) is 0.384. The Hall–Kier alpha value is -1.76. The third-order valence-electron chi connectivity index (χ3n) is 8.43. The van der Waals surface area contributed by atoms with Gasteiger partial charge in [-0.1, -0.05) is 87.5 Å². The van der Waals surface area contributed by atoms with Crippen molar-refractivity contribution < 1.29 is 19.0 Å². The summed E-state index contributed by atoms with van der Waals surface area (Å²) < 4.78 is 20.0. The first kappa shape index (κ1) is 27.3. The summed E-state index contributed by atoms with van der Waals surface area (Å²) in [6, 6.07) is 21.1. The van der Waals surface area contributed by atoms with Crippen molar-refractivity contribution in [2.24, 2.45) is 0 Å². The Balaban J connectivity index is 1.58. The SMILES string of the molecule is C=C[C@@]1(C)CC[C@@H]([C@@]2(C)CC[C@@H]([C@](C)(O)CO[Si](c3ccccc3)(c3ccccc3)C(C)(C)C)O2)O1. The van der Waals surface area contributed by atoms with E-state index in [-0.39, 0.29) is 29.5 Å². The molecule has 0 bridgehead atoms. The molecule has 0 saturated carbocycles. The van der Waals surface area contributed by atoms with Gasteiger partial charge in [0.25, 0.3) is 8.32 Å². The molecule has 4 rings (SSSR count). The largest absolute Gasteiger partial charge is 0.404 e. The smallest absolute Gasteiger partial charge is 0.261 e. The third kappa shape index (κ3) is 5.01. The number of benzene rings is 2. The van der Waals surface area contributed by atoms with Crippen molar-refractivity contribution in [3.63, 3.8) is 0 Å². The molecule has 36 heavy (non-hydrogen) atoms. The van der Waals surface area contributed by atoms with Gasteiger partial charge in [-0.25, -0.2) is 0 Å². The van der Waals surface area contributed by atoms with Crippen LogP contribution in [0.2, 0.25) is 5.04 Å². The van der Waals surface area contributed by atoms with Crippen LogP contribution < -0.4 is 10.4 Å². The van der Waals surface area contributed by atoms with Gasteiger partial charge >= 0.3 is 0 Å². The predicted molar refractivity (Wildman–Crippen MR) is 149 cm³/mol. The second kappa shape index (κ2) is 9.84. The summed E-state index contributed by atoms with van der Waals surface area (Å²) in [6.45, 7) is 17.0. The zero-order valence-corrected chi connectivity index (χ0v) is 23.9. The highest BCUT2D eigenvalue weighted by Gasteiger charge is 2.55. The minimum Gasteiger partial charge on any atom is -0.404 e. The highest BCUT2D eigenvalue weighted by atomic mass is 28.4. The number of ether oxygens (including phenoxy) is 2. The second-order valence-corrected chi connectivity index (χ2v) is 16.7. The Morgan fingerprint density at radius 3 is 1.97 bits per heavy atom. The molecule has 2 fully saturated rings. The Labute approximate surface area is 218 Å². The van der Waals surface area contributed by atoms with Gasteiger partial charge in [0.1, 0.15) is 5.60 Å². The number of aliphatic hydroxyl groups is 1. The van der Waals surface area contributed by atoms with E-state index >= 15 is 0 Å². The molecule has 2 aliphatic heterocycles. The van der Waals surface area contributed by atoms with Crippen LogP contribution in [0.3, 0.4) is 0 Å². The van der Waals surface area contributed by atoms with Crippen LogP contribution in [-0.4, -0.2) is 49.0 Å². The van der Waals surface area contributed by atoms with Crippen LogP contribution in [0.5, 0.6) is 0 Å². The molecule has 2 saturated heterocycles. The average Bonchev–Trinajstić information content (AvgIpc) is 3.45. The summed E-state index contributed by atoms with van der Waals surface area (Å²) in [5, 5.41) is 14.0. The summed E-state index contributed by atoms with van der Waals surface area (Å²) in [4.78, 5) is 0. The van der Waals surface area contributed by atoms with Crippen LogP contribution in [0, 0.1) is 0 Å². The van der Waals surface area contributed by atoms with Crippen LogP contribution in [0.1, 0.15) is 67.2 Å². The molecule has 5 heteroatoms. The lowest BCUT2D eigenvalue weighted by Gasteiger charge is -2.45. The van der Waals surface area contributed by atoms with E-state index in [1.165, 1.54) is 10.4 Å². The van der Waals surface area contributed by atoms with E-state index in [1.54, 1.807) is 0 Å². The zero-order valence-electron chi connectivity index (χ0n) is 22.9. The maximum Gasteiger partial charge on any atom is 0.261 e. The molecule has 0 amide bonds. The maximum absolute atomic E-state index is 11.8. The van der Waals surface area contributed by atoms with Gasteiger partial charge in [-0.3, -0.25) is 0 Å². The monoisotopic (exact) mass is 508 g/mol. The van der Waals surface area contributed by atoms with Gasteiger partial charge in [0.15, 0.2) is 0 Å². The lowest BCUT2D eigenvalue weighted by atomic mass is 9.91. The first-order valence-electron chi connectivity index (χ1n) is 13.3. The average molecular weight is 509 g/mol. The van der Waals surface area contributed by atoms with Gasteiger partial charge in [0.05, 0.1) is 30.0 Å². The van der Waals surface area contributed by atoms with Crippen molar-refractivity contribution in [2.45, 2.75) is 101 Å². The molecule has 5 atom stereocenters. The molecule has 0 radical (unpaired) electrons. The molecule has 2 aliphatic rings. The summed E-state index contributed by atoms with van der Waals surface area (Å²) in [7, 11) is -2.75. The van der Waals surface area contributed by atoms with Gasteiger partial charge in [-0.05, 0) is 61.9 Å². The fourth-order valence-electron chi connectivity index (χ4n) is 6.08.